The number of nitrogens with zero attached hydrogens (tertiary/aromatic N) is 2. The molecule has 0 radical (unpaired) electrons. The van der Waals surface area contributed by atoms with Crippen molar-refractivity contribution in [3.05, 3.63) is 52.8 Å². The Morgan fingerprint density at radius 3 is 2.27 bits per heavy atom. The van der Waals surface area contributed by atoms with Gasteiger partial charge in [-0.05, 0) is 62.1 Å². The van der Waals surface area contributed by atoms with Gasteiger partial charge >= 0.3 is 6.03 Å². The molecule has 4 rings (SSSR count). The predicted octanol–water partition coefficient (Wildman–Crippen LogP) is 3.94. The van der Waals surface area contributed by atoms with Gasteiger partial charge in [0.25, 0.3) is 11.8 Å². The standard InChI is InChI=1S/C23H25N3O4/c1-15-11-16(2)13-17(12-15)26-22(28)19(21(27)24-23(26)29)14-18-7-8-20(30-18)25-9-5-3-4-6-10-25/h7-8,11-14H,3-6,9-10H2,1-2H3,(H,24,27,29)/b19-14+. The van der Waals surface area contributed by atoms with Crippen molar-refractivity contribution < 1.29 is 18.8 Å². The number of urea groups is 1. The second-order valence-electron chi connectivity index (χ2n) is 7.88. The molecule has 0 atom stereocenters. The van der Waals surface area contributed by atoms with Crippen LogP contribution in [0.1, 0.15) is 42.6 Å². The van der Waals surface area contributed by atoms with Crippen LogP contribution in [-0.2, 0) is 9.59 Å². The molecule has 2 aromatic rings. The van der Waals surface area contributed by atoms with Gasteiger partial charge in [-0.2, -0.15) is 0 Å². The fraction of sp³-hybridized carbons (Fsp3) is 0.348. The van der Waals surface area contributed by atoms with Crippen molar-refractivity contribution in [3.63, 3.8) is 0 Å². The van der Waals surface area contributed by atoms with E-state index in [-0.39, 0.29) is 5.57 Å². The van der Waals surface area contributed by atoms with Gasteiger partial charge in [-0.3, -0.25) is 14.9 Å². The summed E-state index contributed by atoms with van der Waals surface area (Å²) in [4.78, 5) is 41.0. The Morgan fingerprint density at radius 1 is 0.933 bits per heavy atom. The van der Waals surface area contributed by atoms with E-state index < -0.39 is 17.8 Å². The van der Waals surface area contributed by atoms with E-state index >= 15 is 0 Å². The van der Waals surface area contributed by atoms with Crippen LogP contribution in [0.4, 0.5) is 16.4 Å². The molecule has 3 heterocycles. The van der Waals surface area contributed by atoms with Crippen molar-refractivity contribution in [2.75, 3.05) is 22.9 Å². The van der Waals surface area contributed by atoms with E-state index in [1.165, 1.54) is 18.9 Å². The van der Waals surface area contributed by atoms with Crippen molar-refractivity contribution in [1.29, 1.82) is 0 Å². The summed E-state index contributed by atoms with van der Waals surface area (Å²) in [6.07, 6.45) is 6.06. The number of nitrogens with one attached hydrogen (secondary N) is 1. The molecule has 156 valence electrons. The molecular weight excluding hydrogens is 382 g/mol. The Bertz CT molecular complexity index is 1010. The number of imide groups is 2. The van der Waals surface area contributed by atoms with Crippen molar-refractivity contribution in [2.24, 2.45) is 0 Å². The highest BCUT2D eigenvalue weighted by Gasteiger charge is 2.37. The lowest BCUT2D eigenvalue weighted by molar-refractivity contribution is -0.122. The summed E-state index contributed by atoms with van der Waals surface area (Å²) in [6.45, 7) is 5.63. The fourth-order valence-electron chi connectivity index (χ4n) is 3.99. The number of aryl methyl sites for hydroxylation is 2. The van der Waals surface area contributed by atoms with Gasteiger partial charge in [0.2, 0.25) is 0 Å². The molecule has 1 aromatic heterocycles. The second-order valence-corrected chi connectivity index (χ2v) is 7.88. The molecule has 0 saturated carbocycles. The van der Waals surface area contributed by atoms with Gasteiger partial charge in [0.15, 0.2) is 5.88 Å². The normalized spacial score (nSPS) is 19.3. The van der Waals surface area contributed by atoms with Crippen LogP contribution in [0, 0.1) is 13.8 Å². The average Bonchev–Trinajstić information content (AvgIpc) is 2.97. The Labute approximate surface area is 175 Å². The van der Waals surface area contributed by atoms with Crippen LogP contribution in [0.5, 0.6) is 0 Å². The molecule has 4 amide bonds. The number of carbonyl (C=O) groups is 3. The second kappa shape index (κ2) is 8.18. The maximum absolute atomic E-state index is 13.1. The first-order chi connectivity index (χ1) is 14.4. The zero-order chi connectivity index (χ0) is 21.3. The summed E-state index contributed by atoms with van der Waals surface area (Å²) in [5.41, 5.74) is 2.13. The summed E-state index contributed by atoms with van der Waals surface area (Å²) < 4.78 is 5.90. The first-order valence-corrected chi connectivity index (χ1v) is 10.3. The topological polar surface area (TPSA) is 82.9 Å². The average molecular weight is 407 g/mol. The maximum Gasteiger partial charge on any atom is 0.335 e. The molecule has 0 bridgehead atoms. The Morgan fingerprint density at radius 2 is 1.60 bits per heavy atom. The third-order valence-electron chi connectivity index (χ3n) is 5.38. The summed E-state index contributed by atoms with van der Waals surface area (Å²) >= 11 is 0. The van der Waals surface area contributed by atoms with E-state index in [1.54, 1.807) is 18.2 Å². The van der Waals surface area contributed by atoms with E-state index in [9.17, 15) is 14.4 Å². The summed E-state index contributed by atoms with van der Waals surface area (Å²) in [6, 6.07) is 8.27. The Hall–Kier alpha value is -3.35. The highest BCUT2D eigenvalue weighted by atomic mass is 16.4. The molecule has 2 aliphatic rings. The Kier molecular flexibility index (Phi) is 5.44. The highest BCUT2D eigenvalue weighted by molar-refractivity contribution is 6.39. The van der Waals surface area contributed by atoms with Crippen LogP contribution >= 0.6 is 0 Å². The van der Waals surface area contributed by atoms with E-state index in [2.05, 4.69) is 10.2 Å². The molecular formula is C23H25N3O4. The molecule has 0 spiro atoms. The summed E-state index contributed by atoms with van der Waals surface area (Å²) in [7, 11) is 0. The number of rotatable bonds is 3. The predicted molar refractivity (Wildman–Crippen MR) is 114 cm³/mol. The molecule has 2 aliphatic heterocycles. The van der Waals surface area contributed by atoms with Gasteiger partial charge in [0, 0.05) is 19.2 Å². The third kappa shape index (κ3) is 4.01. The number of amides is 4. The molecule has 30 heavy (non-hydrogen) atoms. The number of anilines is 2. The number of hydrogen-bond donors (Lipinski definition) is 1. The smallest absolute Gasteiger partial charge is 0.335 e. The van der Waals surface area contributed by atoms with Crippen LogP contribution in [0.2, 0.25) is 0 Å². The first kappa shape index (κ1) is 19.9. The summed E-state index contributed by atoms with van der Waals surface area (Å²) in [5.74, 6) is -0.253. The van der Waals surface area contributed by atoms with Crippen molar-refractivity contribution in [2.45, 2.75) is 39.5 Å². The lowest BCUT2D eigenvalue weighted by atomic mass is 10.1. The SMILES string of the molecule is Cc1cc(C)cc(N2C(=O)NC(=O)/C(=C\c3ccc(N4CCCCCC4)o3)C2=O)c1. The third-order valence-corrected chi connectivity index (χ3v) is 5.38. The highest BCUT2D eigenvalue weighted by Crippen LogP contribution is 2.27. The van der Waals surface area contributed by atoms with Crippen LogP contribution < -0.4 is 15.1 Å². The molecule has 0 unspecified atom stereocenters. The van der Waals surface area contributed by atoms with E-state index in [1.807, 2.05) is 26.0 Å². The number of carbonyl (C=O) groups excluding carboxylic acids is 3. The molecule has 2 saturated heterocycles. The van der Waals surface area contributed by atoms with Crippen LogP contribution in [-0.4, -0.2) is 30.9 Å². The van der Waals surface area contributed by atoms with Gasteiger partial charge in [0.05, 0.1) is 5.69 Å². The molecule has 2 fully saturated rings. The number of barbiturate groups is 1. The minimum Gasteiger partial charge on any atom is -0.441 e. The van der Waals surface area contributed by atoms with Crippen molar-refractivity contribution in [1.82, 2.24) is 5.32 Å². The van der Waals surface area contributed by atoms with Gasteiger partial charge in [-0.15, -0.1) is 0 Å². The minimum atomic E-state index is -0.753. The van der Waals surface area contributed by atoms with E-state index in [0.29, 0.717) is 11.4 Å². The maximum atomic E-state index is 13.1. The molecule has 1 N–H and O–H groups in total. The Balaban J connectivity index is 1.63. The monoisotopic (exact) mass is 407 g/mol. The number of hydrogen-bond acceptors (Lipinski definition) is 5. The van der Waals surface area contributed by atoms with Crippen LogP contribution in [0.15, 0.2) is 40.3 Å². The summed E-state index contributed by atoms with van der Waals surface area (Å²) in [5, 5.41) is 2.25. The zero-order valence-corrected chi connectivity index (χ0v) is 17.2. The van der Waals surface area contributed by atoms with Gasteiger partial charge < -0.3 is 9.32 Å². The number of furan rings is 1. The van der Waals surface area contributed by atoms with Gasteiger partial charge in [0.1, 0.15) is 11.3 Å². The van der Waals surface area contributed by atoms with Crippen LogP contribution in [0.25, 0.3) is 6.08 Å². The molecule has 0 aliphatic carbocycles. The quantitative estimate of drug-likeness (QED) is 0.615. The van der Waals surface area contributed by atoms with Gasteiger partial charge in [-0.1, -0.05) is 18.9 Å². The number of benzene rings is 1. The lowest BCUT2D eigenvalue weighted by Gasteiger charge is -2.26. The fourth-order valence-corrected chi connectivity index (χ4v) is 3.99. The minimum absolute atomic E-state index is 0.134. The largest absolute Gasteiger partial charge is 0.441 e. The molecule has 7 heteroatoms. The van der Waals surface area contributed by atoms with Crippen molar-refractivity contribution in [3.8, 4) is 0 Å². The van der Waals surface area contributed by atoms with E-state index in [0.717, 1.165) is 47.8 Å². The first-order valence-electron chi connectivity index (χ1n) is 10.3. The molecule has 7 nitrogen and oxygen atoms in total. The zero-order valence-electron chi connectivity index (χ0n) is 17.2. The van der Waals surface area contributed by atoms with Crippen LogP contribution in [0.3, 0.4) is 0 Å². The van der Waals surface area contributed by atoms with E-state index in [4.69, 9.17) is 4.42 Å². The lowest BCUT2D eigenvalue weighted by Crippen LogP contribution is -2.54. The van der Waals surface area contributed by atoms with Gasteiger partial charge in [-0.25, -0.2) is 9.69 Å². The molecule has 1 aromatic carbocycles. The van der Waals surface area contributed by atoms with Crippen molar-refractivity contribution >= 4 is 35.5 Å².